The summed E-state index contributed by atoms with van der Waals surface area (Å²) in [5, 5.41) is 23.6. The molecule has 0 amide bonds. The summed E-state index contributed by atoms with van der Waals surface area (Å²) in [6.07, 6.45) is -0.805. The molecule has 0 aliphatic rings. The van der Waals surface area contributed by atoms with Crippen LogP contribution in [-0.4, -0.2) is 37.9 Å². The molecule has 0 aromatic heterocycles. The van der Waals surface area contributed by atoms with Gasteiger partial charge in [-0.3, -0.25) is 0 Å². The van der Waals surface area contributed by atoms with Gasteiger partial charge in [0, 0.05) is 12.1 Å². The van der Waals surface area contributed by atoms with Gasteiger partial charge in [-0.1, -0.05) is 0 Å². The molecule has 1 atom stereocenters. The summed E-state index contributed by atoms with van der Waals surface area (Å²) in [4.78, 5) is 0. The molecule has 0 unspecified atom stereocenters. The second kappa shape index (κ2) is 6.01. The minimum atomic E-state index is -3.74. The number of aromatic hydroxyl groups is 1. The topological polar surface area (TPSA) is 136 Å². The van der Waals surface area contributed by atoms with E-state index in [1.165, 1.54) is 18.2 Å². The highest BCUT2D eigenvalue weighted by atomic mass is 32.2. The van der Waals surface area contributed by atoms with E-state index in [4.69, 9.17) is 15.6 Å². The molecule has 102 valence electrons. The van der Waals surface area contributed by atoms with Crippen LogP contribution < -0.4 is 15.6 Å². The Labute approximate surface area is 105 Å². The molecule has 6 N–H and O–H groups in total. The van der Waals surface area contributed by atoms with Crippen LogP contribution in [0.1, 0.15) is 5.56 Å². The van der Waals surface area contributed by atoms with Crippen LogP contribution in [0, 0.1) is 0 Å². The normalized spacial score (nSPS) is 13.3. The van der Waals surface area contributed by atoms with Gasteiger partial charge in [-0.2, -0.15) is 0 Å². The van der Waals surface area contributed by atoms with E-state index < -0.39 is 21.9 Å². The number of sulfonamides is 1. The van der Waals surface area contributed by atoms with Gasteiger partial charge in [0.05, 0.1) is 5.75 Å². The molecule has 0 heterocycles. The van der Waals surface area contributed by atoms with Crippen molar-refractivity contribution < 1.29 is 23.4 Å². The number of rotatable bonds is 6. The van der Waals surface area contributed by atoms with Crippen molar-refractivity contribution in [1.82, 2.24) is 0 Å². The van der Waals surface area contributed by atoms with Gasteiger partial charge < -0.3 is 20.7 Å². The molecule has 8 heteroatoms. The number of phenolic OH excluding ortho intramolecular Hbond substituents is 1. The van der Waals surface area contributed by atoms with Crippen LogP contribution in [0.4, 0.5) is 0 Å². The molecule has 0 aliphatic carbocycles. The molecule has 0 saturated carbocycles. The number of hydrogen-bond acceptors (Lipinski definition) is 6. The molecule has 1 rings (SSSR count). The minimum Gasteiger partial charge on any atom is -0.508 e. The van der Waals surface area contributed by atoms with Crippen LogP contribution in [0.25, 0.3) is 0 Å². The molecule has 0 spiro atoms. The van der Waals surface area contributed by atoms with Gasteiger partial charge in [-0.25, -0.2) is 13.6 Å². The Morgan fingerprint density at radius 3 is 2.61 bits per heavy atom. The first-order chi connectivity index (χ1) is 8.31. The van der Waals surface area contributed by atoms with Crippen molar-refractivity contribution in [2.45, 2.75) is 11.9 Å². The highest BCUT2D eigenvalue weighted by Gasteiger charge is 2.11. The Balaban J connectivity index is 2.81. The Hall–Kier alpha value is -1.35. The lowest BCUT2D eigenvalue weighted by molar-refractivity contribution is 0.114. The van der Waals surface area contributed by atoms with Crippen molar-refractivity contribution >= 4 is 10.0 Å². The van der Waals surface area contributed by atoms with Crippen molar-refractivity contribution in [3.8, 4) is 11.5 Å². The maximum absolute atomic E-state index is 10.9. The molecule has 0 fully saturated rings. The molecule has 0 aliphatic heterocycles. The summed E-state index contributed by atoms with van der Waals surface area (Å²) in [6.45, 7) is 0.0399. The highest BCUT2D eigenvalue weighted by molar-refractivity contribution is 7.88. The first kappa shape index (κ1) is 14.7. The van der Waals surface area contributed by atoms with Crippen molar-refractivity contribution in [1.29, 1.82) is 0 Å². The Morgan fingerprint density at radius 1 is 1.39 bits per heavy atom. The van der Waals surface area contributed by atoms with E-state index in [0.717, 1.165) is 0 Å². The maximum Gasteiger partial charge on any atom is 0.213 e. The molecule has 1 aromatic carbocycles. The van der Waals surface area contributed by atoms with Crippen LogP contribution in [-0.2, 0) is 15.8 Å². The summed E-state index contributed by atoms with van der Waals surface area (Å²) < 4.78 is 27.1. The number of benzene rings is 1. The molecule has 0 radical (unpaired) electrons. The third kappa shape index (κ3) is 4.88. The molecule has 0 saturated heterocycles. The van der Waals surface area contributed by atoms with E-state index in [2.05, 4.69) is 0 Å². The maximum atomic E-state index is 10.9. The first-order valence-corrected chi connectivity index (χ1v) is 6.86. The van der Waals surface area contributed by atoms with Crippen molar-refractivity contribution in [2.75, 3.05) is 13.2 Å². The zero-order chi connectivity index (χ0) is 13.8. The highest BCUT2D eigenvalue weighted by Crippen LogP contribution is 2.24. The molecular formula is C10H16N2O5S. The largest absolute Gasteiger partial charge is 0.508 e. The SMILES string of the molecule is NC[C@@H](O)COc1ccc(O)c(CS(N)(=O)=O)c1. The fourth-order valence-electron chi connectivity index (χ4n) is 1.24. The molecule has 0 bridgehead atoms. The van der Waals surface area contributed by atoms with Gasteiger partial charge in [0.1, 0.15) is 24.2 Å². The van der Waals surface area contributed by atoms with Gasteiger partial charge >= 0.3 is 0 Å². The monoisotopic (exact) mass is 276 g/mol. The van der Waals surface area contributed by atoms with Gasteiger partial charge in [0.25, 0.3) is 0 Å². The van der Waals surface area contributed by atoms with Crippen LogP contribution in [0.2, 0.25) is 0 Å². The van der Waals surface area contributed by atoms with Gasteiger partial charge in [0.2, 0.25) is 10.0 Å². The van der Waals surface area contributed by atoms with E-state index in [-0.39, 0.29) is 24.5 Å². The number of aliphatic hydroxyl groups excluding tert-OH is 1. The van der Waals surface area contributed by atoms with E-state index in [1.54, 1.807) is 0 Å². The summed E-state index contributed by atoms with van der Waals surface area (Å²) in [7, 11) is -3.74. The zero-order valence-corrected chi connectivity index (χ0v) is 10.4. The summed E-state index contributed by atoms with van der Waals surface area (Å²) >= 11 is 0. The predicted molar refractivity (Wildman–Crippen MR) is 65.5 cm³/mol. The van der Waals surface area contributed by atoms with E-state index >= 15 is 0 Å². The van der Waals surface area contributed by atoms with Crippen LogP contribution in [0.5, 0.6) is 11.5 Å². The molecule has 1 aromatic rings. The lowest BCUT2D eigenvalue weighted by Crippen LogP contribution is -2.26. The Kier molecular flexibility index (Phi) is 4.91. The number of phenols is 1. The number of nitrogens with two attached hydrogens (primary N) is 2. The smallest absolute Gasteiger partial charge is 0.213 e. The standard InChI is InChI=1S/C10H16N2O5S/c11-4-8(13)5-17-9-1-2-10(14)7(3-9)6-18(12,15)16/h1-3,8,13-14H,4-6,11H2,(H2,12,15,16)/t8-/m1/s1. The number of hydrogen-bond donors (Lipinski definition) is 4. The van der Waals surface area contributed by atoms with E-state index in [9.17, 15) is 18.6 Å². The summed E-state index contributed by atoms with van der Waals surface area (Å²) in [5.74, 6) is -0.357. The third-order valence-electron chi connectivity index (χ3n) is 2.12. The van der Waals surface area contributed by atoms with Crippen molar-refractivity contribution in [2.24, 2.45) is 10.9 Å². The Bertz CT molecular complexity index is 503. The second-order valence-corrected chi connectivity index (χ2v) is 5.41. The summed E-state index contributed by atoms with van der Waals surface area (Å²) in [6, 6.07) is 4.10. The van der Waals surface area contributed by atoms with Gasteiger partial charge in [0.15, 0.2) is 0 Å². The Morgan fingerprint density at radius 2 is 2.06 bits per heavy atom. The molecule has 7 nitrogen and oxygen atoms in total. The average Bonchev–Trinajstić information content (AvgIpc) is 2.28. The zero-order valence-electron chi connectivity index (χ0n) is 9.61. The van der Waals surface area contributed by atoms with Crippen LogP contribution >= 0.6 is 0 Å². The second-order valence-electron chi connectivity index (χ2n) is 3.80. The average molecular weight is 276 g/mol. The minimum absolute atomic E-state index is 0.0178. The lowest BCUT2D eigenvalue weighted by Gasteiger charge is -2.11. The van der Waals surface area contributed by atoms with Crippen LogP contribution in [0.15, 0.2) is 18.2 Å². The fraction of sp³-hybridized carbons (Fsp3) is 0.400. The van der Waals surface area contributed by atoms with Gasteiger partial charge in [-0.05, 0) is 18.2 Å². The molecular weight excluding hydrogens is 260 g/mol. The third-order valence-corrected chi connectivity index (χ3v) is 2.84. The van der Waals surface area contributed by atoms with Crippen LogP contribution in [0.3, 0.4) is 0 Å². The van der Waals surface area contributed by atoms with E-state index in [1.807, 2.05) is 0 Å². The number of ether oxygens (including phenoxy) is 1. The predicted octanol–water partition coefficient (Wildman–Crippen LogP) is -1.12. The van der Waals surface area contributed by atoms with E-state index in [0.29, 0.717) is 5.75 Å². The quantitative estimate of drug-likeness (QED) is 0.519. The molecule has 18 heavy (non-hydrogen) atoms. The number of aliphatic hydroxyl groups is 1. The fourth-order valence-corrected chi connectivity index (χ4v) is 1.91. The lowest BCUT2D eigenvalue weighted by atomic mass is 10.2. The van der Waals surface area contributed by atoms with Crippen molar-refractivity contribution in [3.63, 3.8) is 0 Å². The summed E-state index contributed by atoms with van der Waals surface area (Å²) in [5.41, 5.74) is 5.34. The van der Waals surface area contributed by atoms with Crippen molar-refractivity contribution in [3.05, 3.63) is 23.8 Å². The van der Waals surface area contributed by atoms with Gasteiger partial charge in [-0.15, -0.1) is 0 Å². The first-order valence-electron chi connectivity index (χ1n) is 5.15. The number of primary sulfonamides is 1.